The first-order chi connectivity index (χ1) is 12.9. The van der Waals surface area contributed by atoms with Gasteiger partial charge < -0.3 is 15.0 Å². The van der Waals surface area contributed by atoms with Crippen LogP contribution in [0.15, 0.2) is 30.3 Å². The molecule has 0 bridgehead atoms. The Bertz CT molecular complexity index is 803. The van der Waals surface area contributed by atoms with Crippen LogP contribution in [0.5, 0.6) is 5.75 Å². The lowest BCUT2D eigenvalue weighted by Gasteiger charge is -2.27. The quantitative estimate of drug-likeness (QED) is 0.875. The Morgan fingerprint density at radius 3 is 2.44 bits per heavy atom. The molecular formula is C18H19F3N4O2. The zero-order valence-electron chi connectivity index (χ0n) is 14.7. The number of hydrogen-bond donors (Lipinski definition) is 1. The number of halogens is 3. The Kier molecular flexibility index (Phi) is 5.48. The number of rotatable bonds is 4. The fourth-order valence-corrected chi connectivity index (χ4v) is 2.91. The van der Waals surface area contributed by atoms with Gasteiger partial charge in [-0.25, -0.2) is 0 Å². The zero-order valence-corrected chi connectivity index (χ0v) is 14.7. The van der Waals surface area contributed by atoms with Gasteiger partial charge in [0, 0.05) is 13.1 Å². The van der Waals surface area contributed by atoms with Crippen LogP contribution in [0.3, 0.4) is 0 Å². The number of alkyl halides is 3. The second kappa shape index (κ2) is 7.81. The van der Waals surface area contributed by atoms with E-state index in [1.54, 1.807) is 6.07 Å². The van der Waals surface area contributed by atoms with E-state index in [0.717, 1.165) is 44.1 Å². The second-order valence-corrected chi connectivity index (χ2v) is 6.19. The molecule has 2 aromatic rings. The topological polar surface area (TPSA) is 67.3 Å². The van der Waals surface area contributed by atoms with Gasteiger partial charge in [0.25, 0.3) is 5.91 Å². The maximum Gasteiger partial charge on any atom is 0.416 e. The van der Waals surface area contributed by atoms with E-state index in [-0.39, 0.29) is 17.1 Å². The predicted molar refractivity (Wildman–Crippen MR) is 94.0 cm³/mol. The first-order valence-electron chi connectivity index (χ1n) is 8.54. The monoisotopic (exact) mass is 380 g/mol. The number of aromatic nitrogens is 2. The lowest BCUT2D eigenvalue weighted by atomic mass is 10.1. The minimum absolute atomic E-state index is 0.00947. The van der Waals surface area contributed by atoms with Gasteiger partial charge in [0.2, 0.25) is 0 Å². The Balaban J connectivity index is 1.76. The molecule has 2 heterocycles. The van der Waals surface area contributed by atoms with Gasteiger partial charge in [-0.3, -0.25) is 4.79 Å². The van der Waals surface area contributed by atoms with Crippen LogP contribution in [0.2, 0.25) is 0 Å². The van der Waals surface area contributed by atoms with Gasteiger partial charge in [-0.1, -0.05) is 0 Å². The molecule has 0 aliphatic carbocycles. The Labute approximate surface area is 154 Å². The zero-order chi connectivity index (χ0) is 19.4. The third kappa shape index (κ3) is 4.47. The van der Waals surface area contributed by atoms with Gasteiger partial charge in [-0.2, -0.15) is 13.2 Å². The molecule has 0 spiro atoms. The van der Waals surface area contributed by atoms with Crippen LogP contribution in [-0.4, -0.2) is 36.3 Å². The van der Waals surface area contributed by atoms with Gasteiger partial charge in [0.15, 0.2) is 11.5 Å². The Morgan fingerprint density at radius 1 is 1.11 bits per heavy atom. The maximum absolute atomic E-state index is 12.9. The minimum atomic E-state index is -4.53. The van der Waals surface area contributed by atoms with E-state index < -0.39 is 17.6 Å². The number of nitrogens with zero attached hydrogens (tertiary/aromatic N) is 3. The fraction of sp³-hybridized carbons (Fsp3) is 0.389. The van der Waals surface area contributed by atoms with Crippen molar-refractivity contribution in [3.8, 4) is 5.75 Å². The summed E-state index contributed by atoms with van der Waals surface area (Å²) in [6.45, 7) is 1.78. The Hall–Kier alpha value is -2.84. The van der Waals surface area contributed by atoms with E-state index in [9.17, 15) is 18.0 Å². The summed E-state index contributed by atoms with van der Waals surface area (Å²) in [6.07, 6.45) is -1.18. The van der Waals surface area contributed by atoms with E-state index in [4.69, 9.17) is 4.74 Å². The third-order valence-corrected chi connectivity index (χ3v) is 4.34. The maximum atomic E-state index is 12.9. The van der Waals surface area contributed by atoms with Crippen LogP contribution in [0.4, 0.5) is 24.7 Å². The highest BCUT2D eigenvalue weighted by Gasteiger charge is 2.31. The molecule has 3 rings (SSSR count). The van der Waals surface area contributed by atoms with E-state index in [2.05, 4.69) is 20.4 Å². The van der Waals surface area contributed by atoms with Crippen LogP contribution in [-0.2, 0) is 6.18 Å². The summed E-state index contributed by atoms with van der Waals surface area (Å²) in [6, 6.07) is 6.07. The average Bonchev–Trinajstić information content (AvgIpc) is 2.68. The van der Waals surface area contributed by atoms with Gasteiger partial charge in [-0.05, 0) is 49.6 Å². The van der Waals surface area contributed by atoms with Crippen molar-refractivity contribution >= 4 is 17.4 Å². The SMILES string of the molecule is COc1ccc(C(F)(F)F)cc1NC(=O)c1ccc(N2CCCCC2)nn1. The summed E-state index contributed by atoms with van der Waals surface area (Å²) >= 11 is 0. The van der Waals surface area contributed by atoms with Crippen LogP contribution in [0, 0.1) is 0 Å². The van der Waals surface area contributed by atoms with Crippen molar-refractivity contribution in [2.24, 2.45) is 0 Å². The van der Waals surface area contributed by atoms with Crippen molar-refractivity contribution in [2.75, 3.05) is 30.4 Å². The molecule has 1 saturated heterocycles. The number of anilines is 2. The highest BCUT2D eigenvalue weighted by Crippen LogP contribution is 2.35. The largest absolute Gasteiger partial charge is 0.495 e. The second-order valence-electron chi connectivity index (χ2n) is 6.19. The lowest BCUT2D eigenvalue weighted by Crippen LogP contribution is -2.30. The molecule has 1 aromatic carbocycles. The van der Waals surface area contributed by atoms with E-state index in [0.29, 0.717) is 5.82 Å². The number of carbonyl (C=O) groups excluding carboxylic acids is 1. The van der Waals surface area contributed by atoms with Gasteiger partial charge in [0.05, 0.1) is 18.4 Å². The van der Waals surface area contributed by atoms with E-state index in [1.807, 2.05) is 0 Å². The number of nitrogens with one attached hydrogen (secondary N) is 1. The van der Waals surface area contributed by atoms with Gasteiger partial charge >= 0.3 is 6.18 Å². The number of carbonyl (C=O) groups is 1. The number of amides is 1. The summed E-state index contributed by atoms with van der Waals surface area (Å²) in [5.74, 6) is 0.141. The number of piperidine rings is 1. The molecule has 1 amide bonds. The van der Waals surface area contributed by atoms with Crippen LogP contribution in [0.1, 0.15) is 35.3 Å². The van der Waals surface area contributed by atoms with Crippen molar-refractivity contribution in [1.82, 2.24) is 10.2 Å². The first kappa shape index (κ1) is 18.9. The molecule has 0 saturated carbocycles. The summed E-state index contributed by atoms with van der Waals surface area (Å²) in [5.41, 5.74) is -0.959. The first-order valence-corrected chi connectivity index (χ1v) is 8.54. The Morgan fingerprint density at radius 2 is 1.85 bits per heavy atom. The average molecular weight is 380 g/mol. The lowest BCUT2D eigenvalue weighted by molar-refractivity contribution is -0.137. The van der Waals surface area contributed by atoms with E-state index in [1.165, 1.54) is 19.6 Å². The molecule has 1 N–H and O–H groups in total. The number of ether oxygens (including phenoxy) is 1. The molecule has 9 heteroatoms. The highest BCUT2D eigenvalue weighted by atomic mass is 19.4. The molecule has 6 nitrogen and oxygen atoms in total. The normalized spacial score (nSPS) is 14.7. The molecule has 1 aliphatic heterocycles. The van der Waals surface area contributed by atoms with E-state index >= 15 is 0 Å². The minimum Gasteiger partial charge on any atom is -0.495 e. The summed E-state index contributed by atoms with van der Waals surface area (Å²) < 4.78 is 43.7. The molecule has 0 unspecified atom stereocenters. The van der Waals surface area contributed by atoms with Crippen LogP contribution >= 0.6 is 0 Å². The summed E-state index contributed by atoms with van der Waals surface area (Å²) in [7, 11) is 1.31. The standard InChI is InChI=1S/C18H19F3N4O2/c1-27-15-7-5-12(18(19,20)21)11-14(15)22-17(26)13-6-8-16(24-23-13)25-9-3-2-4-10-25/h5-8,11H,2-4,9-10H2,1H3,(H,22,26). The molecule has 144 valence electrons. The van der Waals surface area contributed by atoms with Crippen molar-refractivity contribution in [3.63, 3.8) is 0 Å². The smallest absolute Gasteiger partial charge is 0.416 e. The third-order valence-electron chi connectivity index (χ3n) is 4.34. The fourth-order valence-electron chi connectivity index (χ4n) is 2.91. The number of hydrogen-bond acceptors (Lipinski definition) is 5. The highest BCUT2D eigenvalue weighted by molar-refractivity contribution is 6.03. The molecule has 27 heavy (non-hydrogen) atoms. The van der Waals surface area contributed by atoms with Crippen molar-refractivity contribution in [1.29, 1.82) is 0 Å². The number of methoxy groups -OCH3 is 1. The molecule has 0 radical (unpaired) electrons. The van der Waals surface area contributed by atoms with Crippen molar-refractivity contribution in [2.45, 2.75) is 25.4 Å². The molecule has 1 fully saturated rings. The molecule has 0 atom stereocenters. The summed E-state index contributed by atoms with van der Waals surface area (Å²) in [5, 5.41) is 10.4. The molecule has 1 aromatic heterocycles. The molecular weight excluding hydrogens is 361 g/mol. The van der Waals surface area contributed by atoms with Gasteiger partial charge in [0.1, 0.15) is 5.75 Å². The number of benzene rings is 1. The van der Waals surface area contributed by atoms with Gasteiger partial charge in [-0.15, -0.1) is 10.2 Å². The predicted octanol–water partition coefficient (Wildman–Crippen LogP) is 3.75. The summed E-state index contributed by atoms with van der Waals surface area (Å²) in [4.78, 5) is 14.5. The van der Waals surface area contributed by atoms with Crippen molar-refractivity contribution < 1.29 is 22.7 Å². The van der Waals surface area contributed by atoms with Crippen molar-refractivity contribution in [3.05, 3.63) is 41.6 Å². The van der Waals surface area contributed by atoms with Crippen LogP contribution in [0.25, 0.3) is 0 Å². The van der Waals surface area contributed by atoms with Crippen LogP contribution < -0.4 is 15.0 Å². The molecule has 1 aliphatic rings.